The van der Waals surface area contributed by atoms with Crippen LogP contribution in [-0.2, 0) is 16.2 Å². The molecule has 0 aliphatic carbocycles. The first-order valence-corrected chi connectivity index (χ1v) is 9.05. The van der Waals surface area contributed by atoms with Gasteiger partial charge in [0.2, 0.25) is 0 Å². The zero-order valence-corrected chi connectivity index (χ0v) is 14.8. The Balaban J connectivity index is 2.36. The summed E-state index contributed by atoms with van der Waals surface area (Å²) in [5, 5.41) is 2.78. The molecule has 0 saturated carbocycles. The minimum absolute atomic E-state index is 0.0168. The summed E-state index contributed by atoms with van der Waals surface area (Å²) in [4.78, 5) is -0.0909. The quantitative estimate of drug-likeness (QED) is 0.762. The Morgan fingerprint density at radius 3 is 2.24 bits per heavy atom. The van der Waals surface area contributed by atoms with Crippen LogP contribution in [0, 0.1) is 0 Å². The second kappa shape index (κ2) is 7.74. The van der Waals surface area contributed by atoms with Gasteiger partial charge >= 0.3 is 6.18 Å². The molecule has 0 radical (unpaired) electrons. The third-order valence-corrected chi connectivity index (χ3v) is 5.78. The lowest BCUT2D eigenvalue weighted by Gasteiger charge is -2.15. The van der Waals surface area contributed by atoms with E-state index in [1.165, 1.54) is 42.5 Å². The van der Waals surface area contributed by atoms with Crippen LogP contribution < -0.4 is 5.32 Å². The van der Waals surface area contributed by atoms with Crippen molar-refractivity contribution in [1.29, 1.82) is 0 Å². The van der Waals surface area contributed by atoms with Crippen LogP contribution in [0.1, 0.15) is 5.56 Å². The van der Waals surface area contributed by atoms with Gasteiger partial charge in [0, 0.05) is 13.1 Å². The van der Waals surface area contributed by atoms with Gasteiger partial charge in [-0.15, -0.1) is 3.82 Å². The van der Waals surface area contributed by atoms with Crippen molar-refractivity contribution in [3.05, 3.63) is 54.1 Å². The van der Waals surface area contributed by atoms with E-state index in [1.807, 2.05) is 0 Å². The largest absolute Gasteiger partial charge is 0.417 e. The van der Waals surface area contributed by atoms with Gasteiger partial charge in [-0.2, -0.15) is 13.2 Å². The molecule has 0 amide bonds. The highest BCUT2D eigenvalue weighted by atomic mass is 35.5. The highest BCUT2D eigenvalue weighted by Crippen LogP contribution is 2.37. The second-order valence-corrected chi connectivity index (χ2v) is 7.66. The van der Waals surface area contributed by atoms with Gasteiger partial charge in [0.05, 0.1) is 10.5 Å². The number of benzene rings is 2. The number of hydrogen-bond donors (Lipinski definition) is 1. The van der Waals surface area contributed by atoms with Gasteiger partial charge in [0.15, 0.2) is 0 Å². The Hall–Kier alpha value is -1.61. The Labute approximate surface area is 149 Å². The third-order valence-electron chi connectivity index (χ3n) is 3.49. The fourth-order valence-corrected chi connectivity index (χ4v) is 3.59. The average Bonchev–Trinajstić information content (AvgIpc) is 2.59. The van der Waals surface area contributed by atoms with Crippen molar-refractivity contribution in [2.24, 2.45) is 0 Å². The normalized spacial score (nSPS) is 12.6. The van der Waals surface area contributed by atoms with E-state index in [1.54, 1.807) is 7.05 Å². The summed E-state index contributed by atoms with van der Waals surface area (Å²) in [7, 11) is -2.26. The molecule has 1 N–H and O–H groups in total. The maximum atomic E-state index is 13.1. The van der Waals surface area contributed by atoms with Crippen molar-refractivity contribution in [2.75, 3.05) is 20.1 Å². The number of rotatable bonds is 6. The van der Waals surface area contributed by atoms with Gasteiger partial charge in [-0.05, 0) is 48.2 Å². The molecule has 9 heteroatoms. The second-order valence-electron chi connectivity index (χ2n) is 5.19. The van der Waals surface area contributed by atoms with E-state index < -0.39 is 21.8 Å². The van der Waals surface area contributed by atoms with E-state index in [-0.39, 0.29) is 22.6 Å². The zero-order valence-electron chi connectivity index (χ0n) is 13.2. The van der Waals surface area contributed by atoms with E-state index in [9.17, 15) is 21.6 Å². The summed E-state index contributed by atoms with van der Waals surface area (Å²) in [5.41, 5.74) is -0.529. The van der Waals surface area contributed by atoms with Crippen LogP contribution in [0.2, 0.25) is 0 Å². The van der Waals surface area contributed by atoms with Gasteiger partial charge in [-0.3, -0.25) is 0 Å². The monoisotopic (exact) mass is 392 g/mol. The first kappa shape index (κ1) is 19.7. The number of sulfonamides is 1. The Morgan fingerprint density at radius 1 is 1.08 bits per heavy atom. The highest BCUT2D eigenvalue weighted by Gasteiger charge is 2.33. The molecular weight excluding hydrogens is 377 g/mol. The molecule has 0 bridgehead atoms. The summed E-state index contributed by atoms with van der Waals surface area (Å²) in [6.07, 6.45) is -4.50. The molecule has 136 valence electrons. The molecule has 0 aliphatic rings. The van der Waals surface area contributed by atoms with Crippen LogP contribution in [0.5, 0.6) is 0 Å². The van der Waals surface area contributed by atoms with Crippen LogP contribution in [0.25, 0.3) is 11.1 Å². The number of alkyl halides is 3. The molecule has 2 aromatic rings. The van der Waals surface area contributed by atoms with Crippen LogP contribution in [0.15, 0.2) is 53.4 Å². The van der Waals surface area contributed by atoms with Crippen molar-refractivity contribution in [3.8, 4) is 11.1 Å². The summed E-state index contributed by atoms with van der Waals surface area (Å²) in [6.45, 7) is 0.415. The van der Waals surface area contributed by atoms with Gasteiger partial charge in [0.1, 0.15) is 0 Å². The molecule has 0 aliphatic heterocycles. The molecule has 2 aromatic carbocycles. The smallest absolute Gasteiger partial charge is 0.318 e. The molecule has 0 heterocycles. The van der Waals surface area contributed by atoms with Crippen LogP contribution >= 0.6 is 11.8 Å². The predicted molar refractivity (Wildman–Crippen MR) is 90.6 cm³/mol. The molecule has 2 rings (SSSR count). The summed E-state index contributed by atoms with van der Waals surface area (Å²) >= 11 is 5.78. The Kier molecular flexibility index (Phi) is 6.10. The fraction of sp³-hybridized carbons (Fsp3) is 0.250. The maximum Gasteiger partial charge on any atom is 0.417 e. The van der Waals surface area contributed by atoms with E-state index in [4.69, 9.17) is 11.8 Å². The number of nitrogens with one attached hydrogen (secondary N) is 1. The van der Waals surface area contributed by atoms with Crippen molar-refractivity contribution in [1.82, 2.24) is 9.14 Å². The lowest BCUT2D eigenvalue weighted by atomic mass is 9.99. The van der Waals surface area contributed by atoms with Crippen molar-refractivity contribution in [2.45, 2.75) is 11.1 Å². The predicted octanol–water partition coefficient (Wildman–Crippen LogP) is 3.74. The molecule has 0 fully saturated rings. The minimum atomic E-state index is -4.50. The van der Waals surface area contributed by atoms with Crippen LogP contribution in [0.3, 0.4) is 0 Å². The van der Waals surface area contributed by atoms with Gasteiger partial charge in [-0.1, -0.05) is 30.3 Å². The van der Waals surface area contributed by atoms with E-state index in [0.717, 1.165) is 6.07 Å². The van der Waals surface area contributed by atoms with Crippen LogP contribution in [0.4, 0.5) is 13.2 Å². The molecule has 0 unspecified atom stereocenters. The molecular formula is C16H16ClF3N2O2S. The molecule has 0 aromatic heterocycles. The number of nitrogens with zero attached hydrogens (tertiary/aromatic N) is 1. The van der Waals surface area contributed by atoms with E-state index >= 15 is 0 Å². The number of halogens is 4. The SMILES string of the molecule is CNCCN(Cl)S(=O)(=O)c1ccc(-c2ccccc2C(F)(F)F)cc1. The van der Waals surface area contributed by atoms with Gasteiger partial charge in [0.25, 0.3) is 10.0 Å². The molecule has 4 nitrogen and oxygen atoms in total. The highest BCUT2D eigenvalue weighted by molar-refractivity contribution is 7.90. The minimum Gasteiger partial charge on any atom is -0.318 e. The Morgan fingerprint density at radius 2 is 1.68 bits per heavy atom. The van der Waals surface area contributed by atoms with Crippen molar-refractivity contribution < 1.29 is 21.6 Å². The maximum absolute atomic E-state index is 13.1. The van der Waals surface area contributed by atoms with Crippen molar-refractivity contribution in [3.63, 3.8) is 0 Å². The number of likely N-dealkylation sites (N-methyl/N-ethyl adjacent to an activating group) is 1. The lowest BCUT2D eigenvalue weighted by Crippen LogP contribution is -2.28. The first-order valence-electron chi connectivity index (χ1n) is 7.27. The molecule has 0 atom stereocenters. The number of hydrogen-bond acceptors (Lipinski definition) is 3. The summed E-state index contributed by atoms with van der Waals surface area (Å²) in [5.74, 6) is 0. The van der Waals surface area contributed by atoms with Gasteiger partial charge < -0.3 is 5.32 Å². The fourth-order valence-electron chi connectivity index (χ4n) is 2.22. The third kappa shape index (κ3) is 4.52. The molecule has 0 saturated heterocycles. The van der Waals surface area contributed by atoms with E-state index in [0.29, 0.717) is 10.4 Å². The standard InChI is InChI=1S/C16H16ClF3N2O2S/c1-21-10-11-22(17)25(23,24)13-8-6-12(7-9-13)14-4-2-3-5-15(14)16(18,19)20/h2-9,21H,10-11H2,1H3. The van der Waals surface area contributed by atoms with Crippen LogP contribution in [-0.4, -0.2) is 32.4 Å². The molecule has 0 spiro atoms. The summed E-state index contributed by atoms with van der Waals surface area (Å²) < 4.78 is 64.6. The first-order chi connectivity index (χ1) is 11.7. The zero-order chi connectivity index (χ0) is 18.7. The van der Waals surface area contributed by atoms with E-state index in [2.05, 4.69) is 5.32 Å². The topological polar surface area (TPSA) is 49.4 Å². The molecule has 25 heavy (non-hydrogen) atoms. The summed E-state index contributed by atoms with van der Waals surface area (Å²) in [6, 6.07) is 10.3. The Bertz CT molecular complexity index is 824. The average molecular weight is 393 g/mol. The van der Waals surface area contributed by atoms with Gasteiger partial charge in [-0.25, -0.2) is 8.42 Å². The lowest BCUT2D eigenvalue weighted by molar-refractivity contribution is -0.137. The van der Waals surface area contributed by atoms with Crippen molar-refractivity contribution >= 4 is 21.8 Å².